The van der Waals surface area contributed by atoms with Crippen molar-refractivity contribution in [3.8, 4) is 0 Å². The highest BCUT2D eigenvalue weighted by molar-refractivity contribution is 7.89. The van der Waals surface area contributed by atoms with Crippen molar-refractivity contribution in [2.75, 3.05) is 6.54 Å². The number of nitrogens with one attached hydrogen (secondary N) is 1. The average Bonchev–Trinajstić information content (AvgIpc) is 2.92. The van der Waals surface area contributed by atoms with E-state index in [1.54, 1.807) is 0 Å². The summed E-state index contributed by atoms with van der Waals surface area (Å²) < 4.78 is 35.8. The molecule has 1 aliphatic carbocycles. The minimum Gasteiger partial charge on any atom is -0.352 e. The summed E-state index contributed by atoms with van der Waals surface area (Å²) >= 11 is 0. The van der Waals surface area contributed by atoms with Gasteiger partial charge in [0.05, 0.1) is 4.90 Å². The van der Waals surface area contributed by atoms with Gasteiger partial charge >= 0.3 is 0 Å². The standard InChI is InChI=1S/C13H17FN2O3S/c1-13(2)6-9(13)7-16-12(17)8-3-10(14)5-11(4-8)20(15,18)19/h3-5,9H,6-7H2,1-2H3,(H,16,17)(H2,15,18,19). The highest BCUT2D eigenvalue weighted by Crippen LogP contribution is 2.50. The number of carbonyl (C=O) groups is 1. The number of sulfonamides is 1. The summed E-state index contributed by atoms with van der Waals surface area (Å²) in [4.78, 5) is 11.5. The topological polar surface area (TPSA) is 89.3 Å². The molecule has 1 amide bonds. The maximum atomic E-state index is 13.4. The zero-order valence-electron chi connectivity index (χ0n) is 11.3. The van der Waals surface area contributed by atoms with Crippen LogP contribution in [0.5, 0.6) is 0 Å². The van der Waals surface area contributed by atoms with E-state index in [4.69, 9.17) is 5.14 Å². The fourth-order valence-electron chi connectivity index (χ4n) is 2.10. The molecule has 0 aromatic heterocycles. The molecule has 0 saturated heterocycles. The van der Waals surface area contributed by atoms with Crippen LogP contribution in [0.1, 0.15) is 30.6 Å². The number of primary sulfonamides is 1. The number of rotatable bonds is 4. The fourth-order valence-corrected chi connectivity index (χ4v) is 2.67. The van der Waals surface area contributed by atoms with Crippen molar-refractivity contribution >= 4 is 15.9 Å². The molecule has 0 aliphatic heterocycles. The summed E-state index contributed by atoms with van der Waals surface area (Å²) in [6.07, 6.45) is 1.03. The van der Waals surface area contributed by atoms with Crippen molar-refractivity contribution in [2.24, 2.45) is 16.5 Å². The maximum Gasteiger partial charge on any atom is 0.251 e. The van der Waals surface area contributed by atoms with Crippen molar-refractivity contribution in [2.45, 2.75) is 25.2 Å². The molecule has 5 nitrogen and oxygen atoms in total. The van der Waals surface area contributed by atoms with Gasteiger partial charge in [-0.2, -0.15) is 0 Å². The first-order valence-corrected chi connectivity index (χ1v) is 7.76. The molecule has 1 unspecified atom stereocenters. The van der Waals surface area contributed by atoms with Gasteiger partial charge in [-0.1, -0.05) is 13.8 Å². The third kappa shape index (κ3) is 3.34. The summed E-state index contributed by atoms with van der Waals surface area (Å²) in [5, 5.41) is 7.62. The van der Waals surface area contributed by atoms with Crippen LogP contribution in [0.3, 0.4) is 0 Å². The molecule has 2 rings (SSSR count). The van der Waals surface area contributed by atoms with E-state index in [-0.39, 0.29) is 11.0 Å². The van der Waals surface area contributed by atoms with E-state index in [2.05, 4.69) is 19.2 Å². The highest BCUT2D eigenvalue weighted by atomic mass is 32.2. The minimum absolute atomic E-state index is 0.0486. The Labute approximate surface area is 117 Å². The molecule has 1 aromatic carbocycles. The van der Waals surface area contributed by atoms with Crippen LogP contribution in [0.4, 0.5) is 4.39 Å². The molecular weight excluding hydrogens is 283 g/mol. The smallest absolute Gasteiger partial charge is 0.251 e. The van der Waals surface area contributed by atoms with Crippen molar-refractivity contribution in [3.63, 3.8) is 0 Å². The van der Waals surface area contributed by atoms with Gasteiger partial charge in [0.2, 0.25) is 10.0 Å². The lowest BCUT2D eigenvalue weighted by molar-refractivity contribution is 0.0950. The number of hydrogen-bond acceptors (Lipinski definition) is 3. The Bertz CT molecular complexity index is 656. The molecule has 0 spiro atoms. The van der Waals surface area contributed by atoms with Crippen LogP contribution in [-0.2, 0) is 10.0 Å². The largest absolute Gasteiger partial charge is 0.352 e. The van der Waals surface area contributed by atoms with E-state index in [9.17, 15) is 17.6 Å². The van der Waals surface area contributed by atoms with Gasteiger partial charge in [-0.05, 0) is 36.0 Å². The van der Waals surface area contributed by atoms with Crippen LogP contribution in [-0.4, -0.2) is 20.9 Å². The Balaban J connectivity index is 2.12. The number of amides is 1. The van der Waals surface area contributed by atoms with Crippen LogP contribution in [0.25, 0.3) is 0 Å². The van der Waals surface area contributed by atoms with Crippen LogP contribution in [0.15, 0.2) is 23.1 Å². The van der Waals surface area contributed by atoms with E-state index in [1.165, 1.54) is 0 Å². The molecule has 20 heavy (non-hydrogen) atoms. The molecular formula is C13H17FN2O3S. The second-order valence-corrected chi connectivity index (χ2v) is 7.38. The Morgan fingerprint density at radius 3 is 2.55 bits per heavy atom. The molecule has 110 valence electrons. The van der Waals surface area contributed by atoms with E-state index < -0.39 is 26.6 Å². The monoisotopic (exact) mass is 300 g/mol. The summed E-state index contributed by atoms with van der Waals surface area (Å²) in [5.74, 6) is -0.914. The molecule has 7 heteroatoms. The molecule has 1 fully saturated rings. The van der Waals surface area contributed by atoms with E-state index in [1.807, 2.05) is 0 Å². The Morgan fingerprint density at radius 1 is 1.45 bits per heavy atom. The molecule has 0 radical (unpaired) electrons. The Kier molecular flexibility index (Phi) is 3.60. The van der Waals surface area contributed by atoms with Gasteiger partial charge in [-0.15, -0.1) is 0 Å². The molecule has 0 heterocycles. The first-order valence-electron chi connectivity index (χ1n) is 6.21. The fraction of sp³-hybridized carbons (Fsp3) is 0.462. The summed E-state index contributed by atoms with van der Waals surface area (Å²) in [6.45, 7) is 4.70. The zero-order chi connectivity index (χ0) is 15.1. The second-order valence-electron chi connectivity index (χ2n) is 5.82. The van der Waals surface area contributed by atoms with E-state index in [0.717, 1.165) is 24.6 Å². The van der Waals surface area contributed by atoms with Gasteiger partial charge in [0.1, 0.15) is 5.82 Å². The lowest BCUT2D eigenvalue weighted by Crippen LogP contribution is -2.27. The molecule has 0 bridgehead atoms. The minimum atomic E-state index is -4.04. The number of carbonyl (C=O) groups excluding carboxylic acids is 1. The number of nitrogens with two attached hydrogens (primary N) is 1. The van der Waals surface area contributed by atoms with E-state index in [0.29, 0.717) is 12.5 Å². The molecule has 1 atom stereocenters. The third-order valence-corrected chi connectivity index (χ3v) is 4.58. The van der Waals surface area contributed by atoms with Crippen LogP contribution >= 0.6 is 0 Å². The molecule has 1 saturated carbocycles. The Morgan fingerprint density at radius 2 is 2.05 bits per heavy atom. The van der Waals surface area contributed by atoms with Crippen molar-refractivity contribution in [1.82, 2.24) is 5.32 Å². The quantitative estimate of drug-likeness (QED) is 0.877. The predicted molar refractivity (Wildman–Crippen MR) is 72.0 cm³/mol. The Hall–Kier alpha value is -1.47. The van der Waals surface area contributed by atoms with Crippen LogP contribution in [0.2, 0.25) is 0 Å². The summed E-state index contributed by atoms with van der Waals surface area (Å²) in [5.41, 5.74) is 0.175. The van der Waals surface area contributed by atoms with Gasteiger partial charge in [0.25, 0.3) is 5.91 Å². The van der Waals surface area contributed by atoms with Crippen LogP contribution in [0, 0.1) is 17.2 Å². The van der Waals surface area contributed by atoms with Crippen molar-refractivity contribution < 1.29 is 17.6 Å². The number of hydrogen-bond donors (Lipinski definition) is 2. The normalized spacial score (nSPS) is 20.5. The van der Waals surface area contributed by atoms with Gasteiger partial charge in [0.15, 0.2) is 0 Å². The van der Waals surface area contributed by atoms with Gasteiger partial charge in [-0.25, -0.2) is 17.9 Å². The third-order valence-electron chi connectivity index (χ3n) is 3.69. The predicted octanol–water partition coefficient (Wildman–Crippen LogP) is 1.25. The zero-order valence-corrected chi connectivity index (χ0v) is 12.1. The lowest BCUT2D eigenvalue weighted by atomic mass is 10.1. The summed E-state index contributed by atoms with van der Waals surface area (Å²) in [6, 6.07) is 2.85. The lowest BCUT2D eigenvalue weighted by Gasteiger charge is -2.08. The van der Waals surface area contributed by atoms with E-state index >= 15 is 0 Å². The van der Waals surface area contributed by atoms with Gasteiger partial charge < -0.3 is 5.32 Å². The van der Waals surface area contributed by atoms with Crippen molar-refractivity contribution in [3.05, 3.63) is 29.6 Å². The second kappa shape index (κ2) is 4.82. The number of halogens is 1. The van der Waals surface area contributed by atoms with Crippen molar-refractivity contribution in [1.29, 1.82) is 0 Å². The van der Waals surface area contributed by atoms with Gasteiger partial charge in [-0.3, -0.25) is 4.79 Å². The number of benzene rings is 1. The highest BCUT2D eigenvalue weighted by Gasteiger charge is 2.45. The van der Waals surface area contributed by atoms with Crippen LogP contribution < -0.4 is 10.5 Å². The first-order chi connectivity index (χ1) is 9.09. The maximum absolute atomic E-state index is 13.4. The molecule has 1 aliphatic rings. The molecule has 1 aromatic rings. The SMILES string of the molecule is CC1(C)CC1CNC(=O)c1cc(F)cc(S(N)(=O)=O)c1. The average molecular weight is 300 g/mol. The van der Waals surface area contributed by atoms with Gasteiger partial charge in [0, 0.05) is 12.1 Å². The first kappa shape index (κ1) is 14.9. The summed E-state index contributed by atoms with van der Waals surface area (Å²) in [7, 11) is -4.04. The molecule has 3 N–H and O–H groups in total.